The number of amides is 1. The Balaban J connectivity index is 1.37. The summed E-state index contributed by atoms with van der Waals surface area (Å²) in [4.78, 5) is 27.7. The quantitative estimate of drug-likeness (QED) is 0.402. The normalized spacial score (nSPS) is 17.1. The van der Waals surface area contributed by atoms with Gasteiger partial charge in [-0.15, -0.1) is 16.4 Å². The summed E-state index contributed by atoms with van der Waals surface area (Å²) in [6.45, 7) is 4.08. The van der Waals surface area contributed by atoms with Gasteiger partial charge in [0.1, 0.15) is 5.01 Å². The van der Waals surface area contributed by atoms with E-state index in [9.17, 15) is 18.0 Å². The van der Waals surface area contributed by atoms with Crippen LogP contribution in [0.2, 0.25) is 0 Å². The van der Waals surface area contributed by atoms with Crippen molar-refractivity contribution in [3.63, 3.8) is 0 Å². The summed E-state index contributed by atoms with van der Waals surface area (Å²) in [5.41, 5.74) is 2.73. The van der Waals surface area contributed by atoms with Crippen molar-refractivity contribution in [2.45, 2.75) is 58.2 Å². The molecule has 1 aliphatic heterocycles. The maximum absolute atomic E-state index is 13.3. The average Bonchev–Trinajstić information content (AvgIpc) is 3.43. The summed E-state index contributed by atoms with van der Waals surface area (Å²) in [7, 11) is 0. The lowest BCUT2D eigenvalue weighted by Crippen LogP contribution is -2.38. The maximum Gasteiger partial charge on any atom is 0.453 e. The van der Waals surface area contributed by atoms with Gasteiger partial charge in [0, 0.05) is 24.4 Å². The van der Waals surface area contributed by atoms with Crippen molar-refractivity contribution in [3.05, 3.63) is 52.0 Å². The van der Waals surface area contributed by atoms with Gasteiger partial charge in [-0.05, 0) is 57.2 Å². The number of aryl methyl sites for hydroxylation is 2. The van der Waals surface area contributed by atoms with Gasteiger partial charge in [0.25, 0.3) is 11.6 Å². The summed E-state index contributed by atoms with van der Waals surface area (Å²) < 4.78 is 41.3. The molecule has 0 bridgehead atoms. The first-order valence-electron chi connectivity index (χ1n) is 11.2. The Morgan fingerprint density at radius 3 is 2.71 bits per heavy atom. The fourth-order valence-corrected chi connectivity index (χ4v) is 5.70. The van der Waals surface area contributed by atoms with Crippen LogP contribution in [0.5, 0.6) is 0 Å². The summed E-state index contributed by atoms with van der Waals surface area (Å²) in [6.07, 6.45) is -1.19. The van der Waals surface area contributed by atoms with Crippen molar-refractivity contribution >= 4 is 33.2 Å². The first kappa shape index (κ1) is 22.7. The third-order valence-corrected chi connectivity index (χ3v) is 7.45. The molecule has 0 unspecified atom stereocenters. The lowest BCUT2D eigenvalue weighted by atomic mass is 10.0. The number of nitrogens with zero attached hydrogens (tertiary/aromatic N) is 6. The van der Waals surface area contributed by atoms with Crippen molar-refractivity contribution in [1.29, 1.82) is 0 Å². The Labute approximate surface area is 197 Å². The number of piperidine rings is 1. The first-order valence-corrected chi connectivity index (χ1v) is 12.0. The number of hydrogen-bond donors (Lipinski definition) is 0. The molecule has 4 heterocycles. The molecule has 1 amide bonds. The smallest absolute Gasteiger partial charge is 0.333 e. The molecule has 1 aliphatic rings. The van der Waals surface area contributed by atoms with Crippen molar-refractivity contribution in [3.8, 4) is 0 Å². The van der Waals surface area contributed by atoms with E-state index in [1.54, 1.807) is 25.2 Å². The number of carbonyl (C=O) groups is 1. The van der Waals surface area contributed by atoms with Gasteiger partial charge in [0.2, 0.25) is 5.91 Å². The molecule has 34 heavy (non-hydrogen) atoms. The largest absolute Gasteiger partial charge is 0.453 e. The molecule has 7 nitrogen and oxygen atoms in total. The first-order chi connectivity index (χ1) is 16.2. The molecular formula is C23H23F3N6OS. The molecule has 178 valence electrons. The highest BCUT2D eigenvalue weighted by molar-refractivity contribution is 7.18. The zero-order valence-electron chi connectivity index (χ0n) is 18.8. The molecule has 1 fully saturated rings. The molecule has 0 N–H and O–H groups in total. The Bertz CT molecular complexity index is 1350. The average molecular weight is 489 g/mol. The van der Waals surface area contributed by atoms with Crippen molar-refractivity contribution in [2.24, 2.45) is 0 Å². The van der Waals surface area contributed by atoms with E-state index in [1.165, 1.54) is 0 Å². The van der Waals surface area contributed by atoms with E-state index in [0.717, 1.165) is 39.0 Å². The predicted octanol–water partition coefficient (Wildman–Crippen LogP) is 5.06. The molecule has 0 spiro atoms. The Kier molecular flexibility index (Phi) is 5.75. The highest BCUT2D eigenvalue weighted by Gasteiger charge is 2.37. The van der Waals surface area contributed by atoms with Crippen LogP contribution in [0.3, 0.4) is 0 Å². The number of aromatic nitrogens is 5. The number of carbonyl (C=O) groups excluding carboxylic acids is 1. The van der Waals surface area contributed by atoms with E-state index >= 15 is 0 Å². The monoisotopic (exact) mass is 488 g/mol. The van der Waals surface area contributed by atoms with Crippen molar-refractivity contribution < 1.29 is 18.0 Å². The fraction of sp³-hybridized carbons (Fsp3) is 0.435. The predicted molar refractivity (Wildman–Crippen MR) is 122 cm³/mol. The molecule has 0 saturated carbocycles. The van der Waals surface area contributed by atoms with Crippen LogP contribution < -0.4 is 0 Å². The zero-order chi connectivity index (χ0) is 24.0. The van der Waals surface area contributed by atoms with E-state index in [0.29, 0.717) is 29.9 Å². The zero-order valence-corrected chi connectivity index (χ0v) is 19.6. The molecule has 11 heteroatoms. The van der Waals surface area contributed by atoms with E-state index in [4.69, 9.17) is 4.98 Å². The lowest BCUT2D eigenvalue weighted by Gasteiger charge is -2.34. The number of fused-ring (bicyclic) bond motifs is 2. The van der Waals surface area contributed by atoms with Crippen LogP contribution in [-0.2, 0) is 17.4 Å². The van der Waals surface area contributed by atoms with Crippen LogP contribution in [0, 0.1) is 13.8 Å². The van der Waals surface area contributed by atoms with Gasteiger partial charge in [0.15, 0.2) is 0 Å². The summed E-state index contributed by atoms with van der Waals surface area (Å²) >= 11 is 1.62. The van der Waals surface area contributed by atoms with Crippen LogP contribution in [0.25, 0.3) is 16.0 Å². The van der Waals surface area contributed by atoms with Crippen LogP contribution >= 0.6 is 11.3 Å². The molecule has 1 aromatic carbocycles. The minimum absolute atomic E-state index is 0.0115. The maximum atomic E-state index is 13.3. The molecule has 5 rings (SSSR count). The lowest BCUT2D eigenvalue weighted by molar-refractivity contribution is -0.144. The van der Waals surface area contributed by atoms with Gasteiger partial charge in [-0.1, -0.05) is 12.1 Å². The van der Waals surface area contributed by atoms with Crippen molar-refractivity contribution in [1.82, 2.24) is 29.5 Å². The summed E-state index contributed by atoms with van der Waals surface area (Å²) in [5.74, 6) is -1.30. The third-order valence-electron chi connectivity index (χ3n) is 6.31. The van der Waals surface area contributed by atoms with Crippen LogP contribution in [0.4, 0.5) is 13.2 Å². The fourth-order valence-electron chi connectivity index (χ4n) is 4.59. The molecule has 3 aromatic heterocycles. The Hall–Kier alpha value is -3.08. The number of rotatable bonds is 4. The molecule has 1 saturated heterocycles. The van der Waals surface area contributed by atoms with Gasteiger partial charge in [0.05, 0.1) is 16.3 Å². The highest BCUT2D eigenvalue weighted by atomic mass is 32.1. The number of likely N-dealkylation sites (tertiary alicyclic amines) is 1. The molecule has 0 aliphatic carbocycles. The van der Waals surface area contributed by atoms with Crippen LogP contribution in [0.15, 0.2) is 24.3 Å². The minimum atomic E-state index is -4.64. The summed E-state index contributed by atoms with van der Waals surface area (Å²) in [5, 5.41) is 4.54. The number of benzene rings is 1. The Morgan fingerprint density at radius 2 is 1.94 bits per heavy atom. The number of thiazole rings is 1. The molecular weight excluding hydrogens is 465 g/mol. The van der Waals surface area contributed by atoms with E-state index < -0.39 is 12.0 Å². The Morgan fingerprint density at radius 1 is 1.15 bits per heavy atom. The van der Waals surface area contributed by atoms with Gasteiger partial charge in [-0.25, -0.2) is 14.5 Å². The topological polar surface area (TPSA) is 76.3 Å². The molecule has 0 radical (unpaired) electrons. The van der Waals surface area contributed by atoms with Crippen LogP contribution in [-0.4, -0.2) is 41.9 Å². The van der Waals surface area contributed by atoms with Crippen LogP contribution in [0.1, 0.15) is 59.5 Å². The highest BCUT2D eigenvalue weighted by Crippen LogP contribution is 2.36. The van der Waals surface area contributed by atoms with Gasteiger partial charge < -0.3 is 4.90 Å². The molecule has 1 atom stereocenters. The second kappa shape index (κ2) is 8.61. The van der Waals surface area contributed by atoms with Gasteiger partial charge in [-0.2, -0.15) is 18.2 Å². The van der Waals surface area contributed by atoms with E-state index in [-0.39, 0.29) is 24.1 Å². The number of para-hydroxylation sites is 1. The van der Waals surface area contributed by atoms with Gasteiger partial charge in [-0.3, -0.25) is 4.79 Å². The number of alkyl halides is 3. The second-order valence-corrected chi connectivity index (χ2v) is 9.59. The number of hydrogen-bond acceptors (Lipinski definition) is 6. The second-order valence-electron chi connectivity index (χ2n) is 8.52. The molecule has 4 aromatic rings. The standard InChI is InChI=1S/C23H23F3N6OS/c1-13-15(14(2)32-22(27-13)29-21(30-32)23(24,25)26)10-11-19(33)31-12-6-5-8-17(31)20-28-16-7-3-4-9-18(16)34-20/h3-4,7,9,17H,5-6,8,10-12H2,1-2H3/t17-/m0/s1. The van der Waals surface area contributed by atoms with E-state index in [1.807, 2.05) is 29.2 Å². The number of halogens is 3. The SMILES string of the molecule is Cc1nc2nc(C(F)(F)F)nn2c(C)c1CCC(=O)N1CCCC[C@H]1c1nc2ccccc2s1. The van der Waals surface area contributed by atoms with Crippen molar-refractivity contribution in [2.75, 3.05) is 6.54 Å². The van der Waals surface area contributed by atoms with E-state index in [2.05, 4.69) is 15.1 Å². The summed E-state index contributed by atoms with van der Waals surface area (Å²) in [6, 6.07) is 7.90. The third kappa shape index (κ3) is 4.13. The van der Waals surface area contributed by atoms with Gasteiger partial charge >= 0.3 is 6.18 Å². The minimum Gasteiger partial charge on any atom is -0.333 e.